The smallest absolute Gasteiger partial charge is 0.336 e. The summed E-state index contributed by atoms with van der Waals surface area (Å²) in [6.07, 6.45) is -1.50. The van der Waals surface area contributed by atoms with E-state index < -0.39 is 47.2 Å². The highest BCUT2D eigenvalue weighted by Gasteiger charge is 2.38. The van der Waals surface area contributed by atoms with Crippen molar-refractivity contribution in [2.75, 3.05) is 13.2 Å². The number of carbonyl (C=O) groups is 2. The Morgan fingerprint density at radius 1 is 1.16 bits per heavy atom. The number of hydrogen-bond acceptors (Lipinski definition) is 10. The Morgan fingerprint density at radius 2 is 1.81 bits per heavy atom. The zero-order chi connectivity index (χ0) is 23.3. The van der Waals surface area contributed by atoms with Crippen molar-refractivity contribution in [3.05, 3.63) is 72.6 Å². The lowest BCUT2D eigenvalue weighted by atomic mass is 9.80. The molecule has 13 heteroatoms. The Morgan fingerprint density at radius 3 is 2.39 bits per heavy atom. The molecule has 166 valence electrons. The van der Waals surface area contributed by atoms with Crippen LogP contribution in [0, 0.1) is 20.2 Å². The van der Waals surface area contributed by atoms with Crippen molar-refractivity contribution in [1.82, 2.24) is 5.32 Å². The number of carboxylic acid groups (broad SMARTS) is 1. The average molecular weight is 437 g/mol. The van der Waals surface area contributed by atoms with Gasteiger partial charge >= 0.3 is 11.9 Å². The molecule has 2 atom stereocenters. The molecule has 1 aromatic carbocycles. The molecule has 0 spiro atoms. The molecule has 1 aromatic rings. The molecule has 2 rings (SSSR count). The second-order valence-corrected chi connectivity index (χ2v) is 6.56. The zero-order valence-corrected chi connectivity index (χ0v) is 16.4. The van der Waals surface area contributed by atoms with Crippen LogP contribution in [0.3, 0.4) is 0 Å². The van der Waals surface area contributed by atoms with E-state index in [4.69, 9.17) is 4.74 Å². The lowest BCUT2D eigenvalue weighted by Crippen LogP contribution is -2.33. The number of nitrogens with zero attached hydrogens (tertiary/aromatic N) is 2. The number of non-ortho nitro benzene ring substituents is 1. The third-order valence-electron chi connectivity index (χ3n) is 4.40. The van der Waals surface area contributed by atoms with E-state index in [-0.39, 0.29) is 33.8 Å². The van der Waals surface area contributed by atoms with Crippen LogP contribution in [-0.4, -0.2) is 51.5 Å². The predicted octanol–water partition coefficient (Wildman–Crippen LogP) is 1.03. The van der Waals surface area contributed by atoms with Gasteiger partial charge in [0.1, 0.15) is 19.3 Å². The number of esters is 1. The molecule has 3 N–H and O–H groups in total. The summed E-state index contributed by atoms with van der Waals surface area (Å²) >= 11 is 0. The number of dihydropyridines is 1. The van der Waals surface area contributed by atoms with E-state index in [0.717, 1.165) is 6.07 Å². The number of carbonyl (C=O) groups excluding carboxylic acids is 1. The van der Waals surface area contributed by atoms with Crippen LogP contribution in [-0.2, 0) is 19.2 Å². The van der Waals surface area contributed by atoms with Crippen LogP contribution in [0.25, 0.3) is 0 Å². The van der Waals surface area contributed by atoms with Gasteiger partial charge in [0.2, 0.25) is 0 Å². The first-order valence-electron chi connectivity index (χ1n) is 8.81. The molecule has 1 aliphatic heterocycles. The minimum Gasteiger partial charge on any atom is -0.478 e. The van der Waals surface area contributed by atoms with Crippen LogP contribution in [0.15, 0.2) is 46.8 Å². The van der Waals surface area contributed by atoms with Crippen molar-refractivity contribution in [1.29, 1.82) is 0 Å². The molecular weight excluding hydrogens is 418 g/mol. The quantitative estimate of drug-likeness (QED) is 0.284. The summed E-state index contributed by atoms with van der Waals surface area (Å²) in [4.78, 5) is 49.4. The van der Waals surface area contributed by atoms with Gasteiger partial charge in [-0.1, -0.05) is 12.1 Å². The Balaban J connectivity index is 2.41. The van der Waals surface area contributed by atoms with Crippen LogP contribution in [0.2, 0.25) is 0 Å². The molecule has 1 heterocycles. The number of aliphatic hydroxyl groups excluding tert-OH is 1. The Kier molecular flexibility index (Phi) is 7.26. The van der Waals surface area contributed by atoms with Gasteiger partial charge in [0.05, 0.1) is 22.0 Å². The Bertz CT molecular complexity index is 985. The number of rotatable bonds is 9. The monoisotopic (exact) mass is 437 g/mol. The fourth-order valence-corrected chi connectivity index (χ4v) is 3.14. The molecule has 0 fully saturated rings. The first kappa shape index (κ1) is 23.3. The third kappa shape index (κ3) is 5.54. The number of nitro benzene ring substituents is 1. The maximum absolute atomic E-state index is 12.8. The van der Waals surface area contributed by atoms with Crippen LogP contribution in [0.1, 0.15) is 25.3 Å². The van der Waals surface area contributed by atoms with Crippen molar-refractivity contribution in [3.63, 3.8) is 0 Å². The highest BCUT2D eigenvalue weighted by atomic mass is 17.0. The number of ether oxygens (including phenoxy) is 1. The van der Waals surface area contributed by atoms with E-state index in [1.165, 1.54) is 32.0 Å². The number of aliphatic hydroxyl groups is 1. The first-order valence-corrected chi connectivity index (χ1v) is 8.81. The normalized spacial score (nSPS) is 16.9. The number of benzene rings is 1. The highest BCUT2D eigenvalue weighted by Crippen LogP contribution is 2.39. The van der Waals surface area contributed by atoms with Crippen molar-refractivity contribution < 1.29 is 39.4 Å². The molecule has 0 aromatic heterocycles. The second kappa shape index (κ2) is 9.67. The highest BCUT2D eigenvalue weighted by molar-refractivity contribution is 5.99. The van der Waals surface area contributed by atoms with E-state index in [1.807, 2.05) is 0 Å². The van der Waals surface area contributed by atoms with E-state index in [0.29, 0.717) is 0 Å². The van der Waals surface area contributed by atoms with Crippen LogP contribution >= 0.6 is 0 Å². The topological polar surface area (TPSA) is 191 Å². The summed E-state index contributed by atoms with van der Waals surface area (Å²) in [5.74, 6) is -3.55. The molecule has 0 amide bonds. The second-order valence-electron chi connectivity index (χ2n) is 6.56. The van der Waals surface area contributed by atoms with Gasteiger partial charge in [-0.05, 0) is 19.4 Å². The number of nitrogens with one attached hydrogen (secondary N) is 1. The van der Waals surface area contributed by atoms with Crippen molar-refractivity contribution in [2.24, 2.45) is 0 Å². The van der Waals surface area contributed by atoms with E-state index in [9.17, 15) is 40.0 Å². The number of allylic oxidation sites excluding steroid dienone is 2. The fourth-order valence-electron chi connectivity index (χ4n) is 3.14. The number of aliphatic carboxylic acids is 1. The van der Waals surface area contributed by atoms with Gasteiger partial charge in [-0.3, -0.25) is 10.1 Å². The zero-order valence-electron chi connectivity index (χ0n) is 16.4. The summed E-state index contributed by atoms with van der Waals surface area (Å²) in [5.41, 5.74) is 0.0193. The predicted molar refractivity (Wildman–Crippen MR) is 102 cm³/mol. The summed E-state index contributed by atoms with van der Waals surface area (Å²) < 4.78 is 5.00. The van der Waals surface area contributed by atoms with Crippen molar-refractivity contribution in [3.8, 4) is 0 Å². The maximum Gasteiger partial charge on any atom is 0.336 e. The van der Waals surface area contributed by atoms with Gasteiger partial charge < -0.3 is 25.1 Å². The molecule has 1 aliphatic rings. The minimum absolute atomic E-state index is 0.133. The lowest BCUT2D eigenvalue weighted by molar-refractivity contribution is -0.759. The Labute approximate surface area is 174 Å². The summed E-state index contributed by atoms with van der Waals surface area (Å²) in [7, 11) is 0. The van der Waals surface area contributed by atoms with Gasteiger partial charge in [-0.15, -0.1) is 10.1 Å². The molecule has 2 unspecified atom stereocenters. The van der Waals surface area contributed by atoms with Gasteiger partial charge in [0.15, 0.2) is 0 Å². The SMILES string of the molecule is CC1=C(C(=O)O)C(c2cccc([N+](=O)[O-])c2)C(C(=O)OCC(O)CO[N+](=O)[O-])=C(C)N1. The first-order chi connectivity index (χ1) is 14.5. The molecule has 0 radical (unpaired) electrons. The molecule has 0 bridgehead atoms. The Hall–Kier alpha value is -4.00. The van der Waals surface area contributed by atoms with Crippen LogP contribution in [0.5, 0.6) is 0 Å². The molecule has 13 nitrogen and oxygen atoms in total. The van der Waals surface area contributed by atoms with Gasteiger partial charge in [-0.25, -0.2) is 9.59 Å². The summed E-state index contributed by atoms with van der Waals surface area (Å²) in [5, 5.41) is 42.4. The molecule has 31 heavy (non-hydrogen) atoms. The van der Waals surface area contributed by atoms with Crippen LogP contribution < -0.4 is 5.32 Å². The number of nitro groups is 1. The minimum atomic E-state index is -1.50. The number of carboxylic acids is 1. The molecular formula is C18H19N3O10. The fraction of sp³-hybridized carbons (Fsp3) is 0.333. The average Bonchev–Trinajstić information content (AvgIpc) is 2.69. The lowest BCUT2D eigenvalue weighted by Gasteiger charge is -2.29. The van der Waals surface area contributed by atoms with Crippen LogP contribution in [0.4, 0.5) is 5.69 Å². The van der Waals surface area contributed by atoms with Gasteiger partial charge in [0.25, 0.3) is 10.8 Å². The standard InChI is InChI=1S/C18H19N3O10/c1-9-14(17(23)24)16(11-4-3-5-12(6-11)20(26)27)15(10(2)19-9)18(25)30-7-13(22)8-31-21(28)29/h3-6,13,16,19,22H,7-8H2,1-2H3,(H,23,24). The molecule has 0 saturated carbocycles. The van der Waals surface area contributed by atoms with E-state index in [2.05, 4.69) is 10.2 Å². The maximum atomic E-state index is 12.8. The van der Waals surface area contributed by atoms with Gasteiger partial charge in [-0.2, -0.15) is 0 Å². The van der Waals surface area contributed by atoms with Gasteiger partial charge in [0, 0.05) is 23.5 Å². The van der Waals surface area contributed by atoms with E-state index >= 15 is 0 Å². The largest absolute Gasteiger partial charge is 0.478 e. The molecule has 0 aliphatic carbocycles. The number of hydrogen-bond donors (Lipinski definition) is 3. The molecule has 0 saturated heterocycles. The van der Waals surface area contributed by atoms with Crippen molar-refractivity contribution in [2.45, 2.75) is 25.9 Å². The van der Waals surface area contributed by atoms with E-state index in [1.54, 1.807) is 0 Å². The van der Waals surface area contributed by atoms with Crippen molar-refractivity contribution >= 4 is 17.6 Å². The summed E-state index contributed by atoms with van der Waals surface area (Å²) in [6.45, 7) is 1.59. The summed E-state index contributed by atoms with van der Waals surface area (Å²) in [6, 6.07) is 5.19. The third-order valence-corrected chi connectivity index (χ3v) is 4.40.